The fourth-order valence-corrected chi connectivity index (χ4v) is 3.06. The van der Waals surface area contributed by atoms with E-state index in [4.69, 9.17) is 0 Å². The molecule has 2 aliphatic rings. The molecule has 0 aliphatic carbocycles. The molecule has 0 N–H and O–H groups in total. The Morgan fingerprint density at radius 3 is 2.80 bits per heavy atom. The molecule has 1 aromatic heterocycles. The van der Waals surface area contributed by atoms with Gasteiger partial charge in [0.05, 0.1) is 17.1 Å². The van der Waals surface area contributed by atoms with Crippen molar-refractivity contribution in [1.29, 1.82) is 0 Å². The summed E-state index contributed by atoms with van der Waals surface area (Å²) in [6, 6.07) is 0. The van der Waals surface area contributed by atoms with Gasteiger partial charge in [-0.25, -0.2) is 0 Å². The molecule has 0 spiro atoms. The van der Waals surface area contributed by atoms with Crippen molar-refractivity contribution in [3.63, 3.8) is 0 Å². The van der Waals surface area contributed by atoms with Crippen LogP contribution < -0.4 is 0 Å². The van der Waals surface area contributed by atoms with Crippen molar-refractivity contribution in [1.82, 2.24) is 14.9 Å². The molecular formula is C12H17N3. The zero-order chi connectivity index (χ0) is 10.4. The summed E-state index contributed by atoms with van der Waals surface area (Å²) in [6.45, 7) is 7.87. The van der Waals surface area contributed by atoms with Gasteiger partial charge in [-0.3, -0.25) is 9.97 Å². The summed E-state index contributed by atoms with van der Waals surface area (Å²) in [6.07, 6.45) is 3.25. The van der Waals surface area contributed by atoms with E-state index >= 15 is 0 Å². The summed E-state index contributed by atoms with van der Waals surface area (Å²) in [5.74, 6) is 1.48. The normalized spacial score (nSPS) is 33.6. The van der Waals surface area contributed by atoms with Crippen LogP contribution in [-0.4, -0.2) is 34.5 Å². The predicted molar refractivity (Wildman–Crippen MR) is 58.8 cm³/mol. The lowest BCUT2D eigenvalue weighted by atomic mass is 9.89. The Morgan fingerprint density at radius 2 is 2.20 bits per heavy atom. The van der Waals surface area contributed by atoms with Crippen LogP contribution in [0.4, 0.5) is 0 Å². The summed E-state index contributed by atoms with van der Waals surface area (Å²) in [5.41, 5.74) is 3.40. The first-order valence-electron chi connectivity index (χ1n) is 5.76. The van der Waals surface area contributed by atoms with Gasteiger partial charge in [-0.05, 0) is 32.7 Å². The number of nitrogens with zero attached hydrogens (tertiary/aromatic N) is 3. The van der Waals surface area contributed by atoms with Gasteiger partial charge in [0.1, 0.15) is 0 Å². The Balaban J connectivity index is 1.93. The van der Waals surface area contributed by atoms with Crippen molar-refractivity contribution in [2.45, 2.75) is 26.2 Å². The Kier molecular flexibility index (Phi) is 2.02. The first kappa shape index (κ1) is 9.28. The van der Waals surface area contributed by atoms with E-state index in [-0.39, 0.29) is 0 Å². The maximum absolute atomic E-state index is 4.59. The van der Waals surface area contributed by atoms with Crippen LogP contribution in [0.1, 0.15) is 29.4 Å². The summed E-state index contributed by atoms with van der Waals surface area (Å²) in [7, 11) is 0. The quantitative estimate of drug-likeness (QED) is 0.693. The zero-order valence-corrected chi connectivity index (χ0v) is 9.40. The molecule has 1 aromatic rings. The van der Waals surface area contributed by atoms with Gasteiger partial charge in [0.15, 0.2) is 0 Å². The Morgan fingerprint density at radius 1 is 1.33 bits per heavy atom. The highest BCUT2D eigenvalue weighted by molar-refractivity contribution is 5.21. The van der Waals surface area contributed by atoms with Gasteiger partial charge in [0, 0.05) is 25.2 Å². The minimum atomic E-state index is 0.645. The molecular weight excluding hydrogens is 186 g/mol. The van der Waals surface area contributed by atoms with Crippen LogP contribution in [0.5, 0.6) is 0 Å². The van der Waals surface area contributed by atoms with E-state index in [1.807, 2.05) is 13.1 Å². The van der Waals surface area contributed by atoms with E-state index in [1.165, 1.54) is 31.7 Å². The molecule has 0 saturated carbocycles. The van der Waals surface area contributed by atoms with Crippen LogP contribution in [0.15, 0.2) is 6.20 Å². The molecule has 2 aliphatic heterocycles. The lowest BCUT2D eigenvalue weighted by Crippen LogP contribution is -2.23. The second-order valence-electron chi connectivity index (χ2n) is 4.90. The molecule has 1 unspecified atom stereocenters. The minimum Gasteiger partial charge on any atom is -0.302 e. The third-order valence-electron chi connectivity index (χ3n) is 3.79. The molecule has 15 heavy (non-hydrogen) atoms. The number of rotatable bonds is 1. The zero-order valence-electron chi connectivity index (χ0n) is 9.40. The number of aromatic nitrogens is 2. The van der Waals surface area contributed by atoms with E-state index in [2.05, 4.69) is 21.8 Å². The number of fused-ring (bicyclic) bond motifs is 2. The van der Waals surface area contributed by atoms with Gasteiger partial charge in [0.2, 0.25) is 0 Å². The predicted octanol–water partition coefficient (Wildman–Crippen LogP) is 1.51. The van der Waals surface area contributed by atoms with Crippen LogP contribution in [-0.2, 0) is 0 Å². The van der Waals surface area contributed by atoms with Gasteiger partial charge < -0.3 is 4.90 Å². The van der Waals surface area contributed by atoms with Crippen LogP contribution in [0.2, 0.25) is 0 Å². The second kappa shape index (κ2) is 3.27. The lowest BCUT2D eigenvalue weighted by Gasteiger charge is -2.22. The maximum Gasteiger partial charge on any atom is 0.0663 e. The van der Waals surface area contributed by atoms with Gasteiger partial charge >= 0.3 is 0 Å². The van der Waals surface area contributed by atoms with E-state index in [0.29, 0.717) is 5.92 Å². The molecule has 2 saturated heterocycles. The van der Waals surface area contributed by atoms with E-state index in [1.54, 1.807) is 0 Å². The standard InChI is InChI=1S/C12H17N3/c1-8-5-13-12(9(2)14-8)11-7-15-4-3-10(11)6-15/h5,10-11H,3-4,6-7H2,1-2H3/t10-,11-/m1/s1. The van der Waals surface area contributed by atoms with Crippen molar-refractivity contribution >= 4 is 0 Å². The first-order chi connectivity index (χ1) is 7.24. The van der Waals surface area contributed by atoms with Gasteiger partial charge in [-0.1, -0.05) is 0 Å². The topological polar surface area (TPSA) is 29.0 Å². The molecule has 0 aromatic carbocycles. The van der Waals surface area contributed by atoms with E-state index in [0.717, 1.165) is 17.3 Å². The highest BCUT2D eigenvalue weighted by atomic mass is 15.2. The summed E-state index contributed by atoms with van der Waals surface area (Å²) >= 11 is 0. The van der Waals surface area contributed by atoms with Crippen molar-refractivity contribution in [2.75, 3.05) is 19.6 Å². The van der Waals surface area contributed by atoms with Crippen LogP contribution >= 0.6 is 0 Å². The van der Waals surface area contributed by atoms with Crippen molar-refractivity contribution in [2.24, 2.45) is 5.92 Å². The smallest absolute Gasteiger partial charge is 0.0663 e. The fraction of sp³-hybridized carbons (Fsp3) is 0.667. The average molecular weight is 203 g/mol. The highest BCUT2D eigenvalue weighted by Crippen LogP contribution is 2.39. The lowest BCUT2D eigenvalue weighted by molar-refractivity contribution is 0.343. The Hall–Kier alpha value is -0.960. The molecule has 2 fully saturated rings. The monoisotopic (exact) mass is 203 g/mol. The molecule has 3 heterocycles. The van der Waals surface area contributed by atoms with Crippen molar-refractivity contribution in [3.8, 4) is 0 Å². The Labute approximate surface area is 90.5 Å². The number of hydrogen-bond acceptors (Lipinski definition) is 3. The van der Waals surface area contributed by atoms with Crippen LogP contribution in [0.3, 0.4) is 0 Å². The minimum absolute atomic E-state index is 0.645. The third-order valence-corrected chi connectivity index (χ3v) is 3.79. The average Bonchev–Trinajstić information content (AvgIpc) is 2.78. The molecule has 2 bridgehead atoms. The van der Waals surface area contributed by atoms with E-state index < -0.39 is 0 Å². The largest absolute Gasteiger partial charge is 0.302 e. The second-order valence-corrected chi connectivity index (χ2v) is 4.90. The highest BCUT2D eigenvalue weighted by Gasteiger charge is 2.40. The summed E-state index contributed by atoms with van der Waals surface area (Å²) in [5, 5.41) is 0. The van der Waals surface area contributed by atoms with E-state index in [9.17, 15) is 0 Å². The van der Waals surface area contributed by atoms with Crippen LogP contribution in [0.25, 0.3) is 0 Å². The maximum atomic E-state index is 4.59. The molecule has 3 heteroatoms. The van der Waals surface area contributed by atoms with Gasteiger partial charge in [-0.15, -0.1) is 0 Å². The van der Waals surface area contributed by atoms with Crippen molar-refractivity contribution < 1.29 is 0 Å². The molecule has 3 atom stereocenters. The first-order valence-corrected chi connectivity index (χ1v) is 5.76. The van der Waals surface area contributed by atoms with Gasteiger partial charge in [-0.2, -0.15) is 0 Å². The molecule has 80 valence electrons. The fourth-order valence-electron chi connectivity index (χ4n) is 3.06. The van der Waals surface area contributed by atoms with Crippen LogP contribution in [0, 0.1) is 19.8 Å². The third kappa shape index (κ3) is 1.46. The molecule has 0 amide bonds. The SMILES string of the molecule is Cc1cnc([C@@H]2CN3CC[C@@H]2C3)c(C)n1. The summed E-state index contributed by atoms with van der Waals surface area (Å²) in [4.78, 5) is 11.7. The Bertz CT molecular complexity index is 388. The number of hydrogen-bond donors (Lipinski definition) is 0. The van der Waals surface area contributed by atoms with Crippen molar-refractivity contribution in [3.05, 3.63) is 23.3 Å². The molecule has 3 nitrogen and oxygen atoms in total. The molecule has 3 rings (SSSR count). The molecule has 0 radical (unpaired) electrons. The summed E-state index contributed by atoms with van der Waals surface area (Å²) < 4.78 is 0. The van der Waals surface area contributed by atoms with Gasteiger partial charge in [0.25, 0.3) is 0 Å². The number of aryl methyl sites for hydroxylation is 2. The number of piperidine rings is 1.